The van der Waals surface area contributed by atoms with E-state index in [4.69, 9.17) is 18.9 Å². The Bertz CT molecular complexity index is 1240. The van der Waals surface area contributed by atoms with Gasteiger partial charge in [0.15, 0.2) is 0 Å². The third-order valence-corrected chi connectivity index (χ3v) is 8.89. The van der Waals surface area contributed by atoms with E-state index in [1.165, 1.54) is 22.5 Å². The molecule has 0 atom stereocenters. The van der Waals surface area contributed by atoms with Crippen LogP contribution >= 0.6 is 11.3 Å². The van der Waals surface area contributed by atoms with Crippen LogP contribution in [0.3, 0.4) is 0 Å². The molecule has 0 amide bonds. The number of rotatable bonds is 9. The molecule has 37 heavy (non-hydrogen) atoms. The molecule has 3 aromatic rings. The summed E-state index contributed by atoms with van der Waals surface area (Å²) in [6, 6.07) is 15.1. The zero-order chi connectivity index (χ0) is 26.8. The first-order valence-corrected chi connectivity index (χ1v) is 14.1. The van der Waals surface area contributed by atoms with Gasteiger partial charge in [-0.3, -0.25) is 0 Å². The monoisotopic (exact) mass is 524 g/mol. The number of hydrogen-bond donors (Lipinski definition) is 0. The molecule has 1 aromatic heterocycles. The van der Waals surface area contributed by atoms with Crippen LogP contribution < -0.4 is 4.74 Å². The van der Waals surface area contributed by atoms with E-state index < -0.39 is 5.79 Å². The second-order valence-electron chi connectivity index (χ2n) is 10.8. The number of aryl methyl sites for hydroxylation is 1. The second-order valence-corrected chi connectivity index (χ2v) is 11.9. The summed E-state index contributed by atoms with van der Waals surface area (Å²) in [6.07, 6.45) is 1.91. The minimum atomic E-state index is -0.743. The molecule has 2 heterocycles. The van der Waals surface area contributed by atoms with Crippen LogP contribution in [0.1, 0.15) is 80.7 Å². The molecule has 6 heteroatoms. The Kier molecular flexibility index (Phi) is 8.03. The average molecular weight is 525 g/mol. The van der Waals surface area contributed by atoms with E-state index in [0.717, 1.165) is 34.2 Å². The van der Waals surface area contributed by atoms with Crippen molar-refractivity contribution >= 4 is 27.4 Å². The minimum Gasteiger partial charge on any atom is -0.488 e. The predicted molar refractivity (Wildman–Crippen MR) is 150 cm³/mol. The molecule has 1 aliphatic rings. The van der Waals surface area contributed by atoms with E-state index in [0.29, 0.717) is 31.3 Å². The SMILES string of the molecule is CCOC(=O)c1cc2cc(C(CC)(CC)c3ccc(OCC4(C(C)(C)C)OCCO4)c(C)c3)ccc2s1. The molecular formula is C31H40O5S. The van der Waals surface area contributed by atoms with Gasteiger partial charge in [0.1, 0.15) is 17.2 Å². The van der Waals surface area contributed by atoms with Gasteiger partial charge in [0, 0.05) is 15.5 Å². The zero-order valence-electron chi connectivity index (χ0n) is 23.2. The Morgan fingerprint density at radius 2 is 1.62 bits per heavy atom. The molecule has 0 spiro atoms. The van der Waals surface area contributed by atoms with Crippen LogP contribution in [-0.4, -0.2) is 38.2 Å². The maximum Gasteiger partial charge on any atom is 0.348 e. The molecule has 0 unspecified atom stereocenters. The van der Waals surface area contributed by atoms with E-state index in [-0.39, 0.29) is 16.8 Å². The highest BCUT2D eigenvalue weighted by Crippen LogP contribution is 2.43. The van der Waals surface area contributed by atoms with Crippen LogP contribution in [0.25, 0.3) is 10.1 Å². The van der Waals surface area contributed by atoms with Gasteiger partial charge in [-0.25, -0.2) is 4.79 Å². The standard InChI is InChI=1S/C31H40O5S/c1-8-30(9-2,24-12-14-26-22(18-24)19-27(37-26)28(32)33-10-3)23-11-13-25(21(4)17-23)34-20-31(29(5,6)7)35-15-16-36-31/h11-14,17-19H,8-10,15-16,20H2,1-7H3. The van der Waals surface area contributed by atoms with Crippen molar-refractivity contribution in [2.45, 2.75) is 72.5 Å². The smallest absolute Gasteiger partial charge is 0.348 e. The molecule has 2 aromatic carbocycles. The summed E-state index contributed by atoms with van der Waals surface area (Å²) in [5.74, 6) is -0.150. The van der Waals surface area contributed by atoms with Crippen molar-refractivity contribution in [2.75, 3.05) is 26.4 Å². The fraction of sp³-hybridized carbons (Fsp3) is 0.516. The Balaban J connectivity index is 1.63. The summed E-state index contributed by atoms with van der Waals surface area (Å²) < 4.78 is 24.7. The average Bonchev–Trinajstić information content (AvgIpc) is 3.52. The van der Waals surface area contributed by atoms with Gasteiger partial charge in [-0.1, -0.05) is 52.8 Å². The van der Waals surface area contributed by atoms with E-state index in [9.17, 15) is 4.79 Å². The molecule has 1 saturated heterocycles. The van der Waals surface area contributed by atoms with Gasteiger partial charge in [0.25, 0.3) is 0 Å². The first kappa shape index (κ1) is 27.6. The molecule has 200 valence electrons. The van der Waals surface area contributed by atoms with Crippen LogP contribution in [0, 0.1) is 12.3 Å². The molecule has 1 aliphatic heterocycles. The summed E-state index contributed by atoms with van der Waals surface area (Å²) in [4.78, 5) is 12.9. The lowest BCUT2D eigenvalue weighted by Crippen LogP contribution is -2.49. The third-order valence-electron chi connectivity index (χ3n) is 7.79. The molecule has 0 aliphatic carbocycles. The highest BCUT2D eigenvalue weighted by atomic mass is 32.1. The topological polar surface area (TPSA) is 54.0 Å². The van der Waals surface area contributed by atoms with Crippen molar-refractivity contribution < 1.29 is 23.7 Å². The van der Waals surface area contributed by atoms with E-state index in [1.54, 1.807) is 0 Å². The normalized spacial score (nSPS) is 15.8. The zero-order valence-corrected chi connectivity index (χ0v) is 24.1. The maximum atomic E-state index is 12.3. The van der Waals surface area contributed by atoms with E-state index in [2.05, 4.69) is 77.9 Å². The van der Waals surface area contributed by atoms with Crippen LogP contribution in [-0.2, 0) is 19.6 Å². The highest BCUT2D eigenvalue weighted by molar-refractivity contribution is 7.20. The molecule has 0 saturated carbocycles. The summed E-state index contributed by atoms with van der Waals surface area (Å²) >= 11 is 1.49. The van der Waals surface area contributed by atoms with Gasteiger partial charge in [-0.05, 0) is 73.0 Å². The Morgan fingerprint density at radius 3 is 2.22 bits per heavy atom. The van der Waals surface area contributed by atoms with E-state index >= 15 is 0 Å². The van der Waals surface area contributed by atoms with Crippen LogP contribution in [0.15, 0.2) is 42.5 Å². The van der Waals surface area contributed by atoms with Crippen molar-refractivity contribution in [1.29, 1.82) is 0 Å². The summed E-state index contributed by atoms with van der Waals surface area (Å²) in [7, 11) is 0. The largest absolute Gasteiger partial charge is 0.488 e. The first-order chi connectivity index (χ1) is 17.6. The lowest BCUT2D eigenvalue weighted by Gasteiger charge is -2.39. The number of hydrogen-bond acceptors (Lipinski definition) is 6. The fourth-order valence-electron chi connectivity index (χ4n) is 5.35. The number of ether oxygens (including phenoxy) is 4. The quantitative estimate of drug-likeness (QED) is 0.269. The number of thiophene rings is 1. The molecule has 0 bridgehead atoms. The number of benzene rings is 2. The molecule has 0 radical (unpaired) electrons. The first-order valence-electron chi connectivity index (χ1n) is 13.3. The maximum absolute atomic E-state index is 12.3. The lowest BCUT2D eigenvalue weighted by molar-refractivity contribution is -0.237. The van der Waals surface area contributed by atoms with Crippen molar-refractivity contribution in [3.05, 3.63) is 64.0 Å². The Labute approximate surface area is 225 Å². The summed E-state index contributed by atoms with van der Waals surface area (Å²) in [5.41, 5.74) is 3.26. The second kappa shape index (κ2) is 10.8. The Morgan fingerprint density at radius 1 is 0.973 bits per heavy atom. The fourth-order valence-corrected chi connectivity index (χ4v) is 6.28. The van der Waals surface area contributed by atoms with Crippen molar-refractivity contribution in [3.63, 3.8) is 0 Å². The predicted octanol–water partition coefficient (Wildman–Crippen LogP) is 7.66. The van der Waals surface area contributed by atoms with Crippen LogP contribution in [0.5, 0.6) is 5.75 Å². The number of esters is 1. The number of carbonyl (C=O) groups excluding carboxylic acids is 1. The van der Waals surface area contributed by atoms with Gasteiger partial charge in [0.05, 0.1) is 19.8 Å². The summed E-state index contributed by atoms with van der Waals surface area (Å²) in [5, 5.41) is 1.08. The van der Waals surface area contributed by atoms with Crippen LogP contribution in [0.4, 0.5) is 0 Å². The van der Waals surface area contributed by atoms with Gasteiger partial charge < -0.3 is 18.9 Å². The van der Waals surface area contributed by atoms with Crippen molar-refractivity contribution in [3.8, 4) is 5.75 Å². The van der Waals surface area contributed by atoms with E-state index in [1.807, 2.05) is 13.0 Å². The van der Waals surface area contributed by atoms with Gasteiger partial charge in [0.2, 0.25) is 5.79 Å². The molecule has 5 nitrogen and oxygen atoms in total. The highest BCUT2D eigenvalue weighted by Gasteiger charge is 2.48. The number of fused-ring (bicyclic) bond motifs is 1. The molecular weight excluding hydrogens is 484 g/mol. The third kappa shape index (κ3) is 5.16. The van der Waals surface area contributed by atoms with Gasteiger partial charge in [-0.2, -0.15) is 0 Å². The lowest BCUT2D eigenvalue weighted by atomic mass is 9.70. The molecule has 0 N–H and O–H groups in total. The number of carbonyl (C=O) groups is 1. The summed E-state index contributed by atoms with van der Waals surface area (Å²) in [6.45, 7) is 16.7. The molecule has 1 fully saturated rings. The molecule has 4 rings (SSSR count). The Hall–Kier alpha value is -2.41. The van der Waals surface area contributed by atoms with Gasteiger partial charge in [-0.15, -0.1) is 11.3 Å². The van der Waals surface area contributed by atoms with Crippen molar-refractivity contribution in [1.82, 2.24) is 0 Å². The van der Waals surface area contributed by atoms with Crippen molar-refractivity contribution in [2.24, 2.45) is 5.41 Å². The minimum absolute atomic E-state index is 0.145. The van der Waals surface area contributed by atoms with Gasteiger partial charge >= 0.3 is 5.97 Å². The van der Waals surface area contributed by atoms with Crippen LogP contribution in [0.2, 0.25) is 0 Å².